The van der Waals surface area contributed by atoms with E-state index in [0.29, 0.717) is 30.5 Å². The molecule has 1 aromatic carbocycles. The van der Waals surface area contributed by atoms with Gasteiger partial charge in [-0.15, -0.1) is 24.0 Å². The molecule has 3 rings (SSSR count). The molecule has 0 aromatic heterocycles. The second kappa shape index (κ2) is 10.1. The molecule has 0 bridgehead atoms. The Labute approximate surface area is 180 Å². The van der Waals surface area contributed by atoms with Crippen LogP contribution in [0.15, 0.2) is 34.2 Å². The van der Waals surface area contributed by atoms with Gasteiger partial charge in [-0.1, -0.05) is 25.5 Å². The highest BCUT2D eigenvalue weighted by molar-refractivity contribution is 14.0. The Hall–Kier alpha value is -0.870. The van der Waals surface area contributed by atoms with E-state index < -0.39 is 10.0 Å². The van der Waals surface area contributed by atoms with E-state index in [9.17, 15) is 8.42 Å². The summed E-state index contributed by atoms with van der Waals surface area (Å²) in [5.41, 5.74) is 7.00. The number of piperidine rings is 2. The molecule has 0 amide bonds. The average Bonchev–Trinajstić information content (AvgIpc) is 2.67. The molecule has 0 spiro atoms. The second-order valence-corrected chi connectivity index (χ2v) is 9.39. The Morgan fingerprint density at radius 2 is 1.81 bits per heavy atom. The minimum absolute atomic E-state index is 0. The molecule has 6 nitrogen and oxygen atoms in total. The van der Waals surface area contributed by atoms with Crippen molar-refractivity contribution >= 4 is 40.0 Å². The van der Waals surface area contributed by atoms with Crippen molar-refractivity contribution in [2.24, 2.45) is 16.6 Å². The molecule has 0 radical (unpaired) electrons. The number of guanidine groups is 1. The summed E-state index contributed by atoms with van der Waals surface area (Å²) in [6.45, 7) is 5.79. The number of sulfonamides is 1. The van der Waals surface area contributed by atoms with Gasteiger partial charge in [-0.25, -0.2) is 13.4 Å². The van der Waals surface area contributed by atoms with Gasteiger partial charge in [0.15, 0.2) is 5.96 Å². The van der Waals surface area contributed by atoms with Crippen LogP contribution >= 0.6 is 24.0 Å². The van der Waals surface area contributed by atoms with Crippen LogP contribution in [0.25, 0.3) is 0 Å². The number of likely N-dealkylation sites (tertiary alicyclic amines) is 1. The third-order valence-electron chi connectivity index (χ3n) is 5.38. The minimum atomic E-state index is -3.41. The average molecular weight is 506 g/mol. The van der Waals surface area contributed by atoms with Crippen LogP contribution in [0.3, 0.4) is 0 Å². The Balaban J connectivity index is 0.00000261. The van der Waals surface area contributed by atoms with Gasteiger partial charge in [-0.2, -0.15) is 4.31 Å². The summed E-state index contributed by atoms with van der Waals surface area (Å²) in [6.07, 6.45) is 5.26. The SMILES string of the molecule is CC1CCN(C(N)=NCc2cccc(S(=O)(=O)N3CCCCC3)c2)CC1.I. The molecule has 2 N–H and O–H groups in total. The van der Waals surface area contributed by atoms with E-state index in [-0.39, 0.29) is 24.0 Å². The van der Waals surface area contributed by atoms with Crippen molar-refractivity contribution in [2.45, 2.75) is 50.5 Å². The molecule has 0 unspecified atom stereocenters. The lowest BCUT2D eigenvalue weighted by Crippen LogP contribution is -2.42. The molecule has 2 saturated heterocycles. The van der Waals surface area contributed by atoms with Gasteiger partial charge in [0, 0.05) is 26.2 Å². The molecule has 2 fully saturated rings. The van der Waals surface area contributed by atoms with E-state index in [0.717, 1.165) is 56.7 Å². The second-order valence-electron chi connectivity index (χ2n) is 7.46. The molecule has 8 heteroatoms. The van der Waals surface area contributed by atoms with Gasteiger partial charge in [0.25, 0.3) is 0 Å². The van der Waals surface area contributed by atoms with Gasteiger partial charge >= 0.3 is 0 Å². The Bertz CT molecular complexity index is 740. The fourth-order valence-electron chi connectivity index (χ4n) is 3.57. The van der Waals surface area contributed by atoms with Gasteiger partial charge < -0.3 is 10.6 Å². The lowest BCUT2D eigenvalue weighted by molar-refractivity contribution is 0.277. The van der Waals surface area contributed by atoms with Crippen molar-refractivity contribution in [2.75, 3.05) is 26.2 Å². The van der Waals surface area contributed by atoms with Crippen LogP contribution in [-0.4, -0.2) is 49.8 Å². The Kier molecular flexibility index (Phi) is 8.36. The zero-order valence-corrected chi connectivity index (χ0v) is 19.2. The highest BCUT2D eigenvalue weighted by Crippen LogP contribution is 2.22. The first kappa shape index (κ1) is 22.4. The van der Waals surface area contributed by atoms with Crippen molar-refractivity contribution in [3.05, 3.63) is 29.8 Å². The summed E-state index contributed by atoms with van der Waals surface area (Å²) in [5, 5.41) is 0. The summed E-state index contributed by atoms with van der Waals surface area (Å²) >= 11 is 0. The van der Waals surface area contributed by atoms with E-state index in [1.165, 1.54) is 0 Å². The molecule has 27 heavy (non-hydrogen) atoms. The predicted molar refractivity (Wildman–Crippen MR) is 120 cm³/mol. The van der Waals surface area contributed by atoms with Crippen molar-refractivity contribution in [3.8, 4) is 0 Å². The van der Waals surface area contributed by atoms with Crippen molar-refractivity contribution in [1.29, 1.82) is 0 Å². The quantitative estimate of drug-likeness (QED) is 0.387. The molecule has 1 aromatic rings. The van der Waals surface area contributed by atoms with Gasteiger partial charge in [0.2, 0.25) is 10.0 Å². The number of halogens is 1. The standard InChI is InChI=1S/C19H30N4O2S.HI/c1-16-8-12-22(13-9-16)19(20)21-15-17-6-5-7-18(14-17)26(24,25)23-10-3-2-4-11-23;/h5-7,14,16H,2-4,8-13,15H2,1H3,(H2,20,21);1H. The number of benzene rings is 1. The summed E-state index contributed by atoms with van der Waals surface area (Å²) in [6, 6.07) is 7.11. The minimum Gasteiger partial charge on any atom is -0.370 e. The molecule has 0 saturated carbocycles. The summed E-state index contributed by atoms with van der Waals surface area (Å²) in [7, 11) is -3.41. The van der Waals surface area contributed by atoms with Gasteiger partial charge in [-0.05, 0) is 49.3 Å². The van der Waals surface area contributed by atoms with E-state index in [2.05, 4.69) is 16.8 Å². The maximum absolute atomic E-state index is 12.8. The summed E-state index contributed by atoms with van der Waals surface area (Å²) in [4.78, 5) is 6.97. The highest BCUT2D eigenvalue weighted by Gasteiger charge is 2.26. The first-order valence-electron chi connectivity index (χ1n) is 9.61. The monoisotopic (exact) mass is 506 g/mol. The topological polar surface area (TPSA) is 79.0 Å². The Morgan fingerprint density at radius 3 is 2.48 bits per heavy atom. The lowest BCUT2D eigenvalue weighted by Gasteiger charge is -2.31. The van der Waals surface area contributed by atoms with Gasteiger partial charge in [0.05, 0.1) is 11.4 Å². The number of hydrogen-bond donors (Lipinski definition) is 1. The Morgan fingerprint density at radius 1 is 1.15 bits per heavy atom. The van der Waals surface area contributed by atoms with E-state index in [4.69, 9.17) is 5.73 Å². The van der Waals surface area contributed by atoms with E-state index in [1.807, 2.05) is 6.07 Å². The van der Waals surface area contributed by atoms with E-state index >= 15 is 0 Å². The van der Waals surface area contributed by atoms with Crippen LogP contribution in [0.4, 0.5) is 0 Å². The molecule has 2 heterocycles. The summed E-state index contributed by atoms with van der Waals surface area (Å²) < 4.78 is 27.2. The van der Waals surface area contributed by atoms with E-state index in [1.54, 1.807) is 22.5 Å². The molecular formula is C19H31IN4O2S. The van der Waals surface area contributed by atoms with Crippen LogP contribution in [0, 0.1) is 5.92 Å². The number of rotatable bonds is 4. The fraction of sp³-hybridized carbons (Fsp3) is 0.632. The molecule has 152 valence electrons. The number of nitrogens with two attached hydrogens (primary N) is 1. The maximum atomic E-state index is 12.8. The van der Waals surface area contributed by atoms with Gasteiger partial charge in [0.1, 0.15) is 0 Å². The zero-order chi connectivity index (χ0) is 18.6. The molecule has 2 aliphatic heterocycles. The summed E-state index contributed by atoms with van der Waals surface area (Å²) in [5.74, 6) is 1.30. The number of hydrogen-bond acceptors (Lipinski definition) is 3. The molecule has 2 aliphatic rings. The maximum Gasteiger partial charge on any atom is 0.243 e. The lowest BCUT2D eigenvalue weighted by atomic mass is 10.00. The van der Waals surface area contributed by atoms with Crippen molar-refractivity contribution in [3.63, 3.8) is 0 Å². The third-order valence-corrected chi connectivity index (χ3v) is 7.28. The van der Waals surface area contributed by atoms with Crippen molar-refractivity contribution < 1.29 is 8.42 Å². The number of nitrogens with zero attached hydrogens (tertiary/aromatic N) is 3. The number of aliphatic imine (C=N–C) groups is 1. The normalized spacial score (nSPS) is 20.3. The van der Waals surface area contributed by atoms with Crippen LogP contribution in [0.2, 0.25) is 0 Å². The van der Waals surface area contributed by atoms with Crippen LogP contribution < -0.4 is 5.73 Å². The first-order chi connectivity index (χ1) is 12.5. The van der Waals surface area contributed by atoms with Crippen LogP contribution in [0.5, 0.6) is 0 Å². The fourth-order valence-corrected chi connectivity index (χ4v) is 5.16. The van der Waals surface area contributed by atoms with Gasteiger partial charge in [-0.3, -0.25) is 0 Å². The predicted octanol–water partition coefficient (Wildman–Crippen LogP) is 3.03. The van der Waals surface area contributed by atoms with Crippen LogP contribution in [0.1, 0.15) is 44.6 Å². The smallest absolute Gasteiger partial charge is 0.243 e. The van der Waals surface area contributed by atoms with Crippen molar-refractivity contribution in [1.82, 2.24) is 9.21 Å². The highest BCUT2D eigenvalue weighted by atomic mass is 127. The third kappa shape index (κ3) is 5.80. The molecule has 0 atom stereocenters. The first-order valence-corrected chi connectivity index (χ1v) is 11.0. The largest absolute Gasteiger partial charge is 0.370 e. The molecular weight excluding hydrogens is 475 g/mol. The molecule has 0 aliphatic carbocycles. The zero-order valence-electron chi connectivity index (χ0n) is 16.0. The van der Waals surface area contributed by atoms with Crippen LogP contribution in [-0.2, 0) is 16.6 Å².